The molecule has 0 radical (unpaired) electrons. The average Bonchev–Trinajstić information content (AvgIpc) is 2.38. The van der Waals surface area contributed by atoms with E-state index in [1.54, 1.807) is 12.1 Å². The van der Waals surface area contributed by atoms with Crippen molar-refractivity contribution in [2.24, 2.45) is 0 Å². The smallest absolute Gasteiger partial charge is 0.194 e. The van der Waals surface area contributed by atoms with E-state index in [9.17, 15) is 4.39 Å². The van der Waals surface area contributed by atoms with Gasteiger partial charge in [-0.15, -0.1) is 0 Å². The lowest BCUT2D eigenvalue weighted by Gasteiger charge is -2.14. The van der Waals surface area contributed by atoms with Gasteiger partial charge in [0.25, 0.3) is 0 Å². The highest BCUT2D eigenvalue weighted by Crippen LogP contribution is 2.35. The van der Waals surface area contributed by atoms with Gasteiger partial charge in [0.15, 0.2) is 5.69 Å². The molecule has 0 bridgehead atoms. The summed E-state index contributed by atoms with van der Waals surface area (Å²) in [5.74, 6) is 0.0218. The molecule has 0 unspecified atom stereocenters. The second kappa shape index (κ2) is 5.01. The predicted octanol–water partition coefficient (Wildman–Crippen LogP) is 5.17. The summed E-state index contributed by atoms with van der Waals surface area (Å²) >= 11 is 0. The first-order valence-corrected chi connectivity index (χ1v) is 5.89. The molecule has 0 aliphatic rings. The van der Waals surface area contributed by atoms with Crippen LogP contribution in [0.15, 0.2) is 42.5 Å². The second-order valence-corrected chi connectivity index (χ2v) is 4.52. The van der Waals surface area contributed by atoms with Crippen molar-refractivity contribution in [1.29, 1.82) is 0 Å². The Morgan fingerprint density at radius 2 is 1.78 bits per heavy atom. The third kappa shape index (κ3) is 2.26. The quantitative estimate of drug-likeness (QED) is 0.637. The third-order valence-corrected chi connectivity index (χ3v) is 2.95. The van der Waals surface area contributed by atoms with E-state index in [0.717, 1.165) is 16.7 Å². The van der Waals surface area contributed by atoms with E-state index in [1.807, 2.05) is 18.2 Å². The first-order chi connectivity index (χ1) is 8.63. The largest absolute Gasteiger partial charge is 0.238 e. The maximum absolute atomic E-state index is 13.5. The van der Waals surface area contributed by atoms with Crippen LogP contribution >= 0.6 is 0 Å². The van der Waals surface area contributed by atoms with Crippen molar-refractivity contribution < 1.29 is 4.39 Å². The Morgan fingerprint density at radius 1 is 1.06 bits per heavy atom. The van der Waals surface area contributed by atoms with Gasteiger partial charge in [-0.2, -0.15) is 0 Å². The van der Waals surface area contributed by atoms with Gasteiger partial charge in [-0.25, -0.2) is 9.24 Å². The van der Waals surface area contributed by atoms with Crippen molar-refractivity contribution in [3.8, 4) is 11.1 Å². The van der Waals surface area contributed by atoms with Crippen LogP contribution in [0.3, 0.4) is 0 Å². The third-order valence-electron chi connectivity index (χ3n) is 2.95. The standard InChI is InChI=1S/C16H14FN/c1-11(2)13-9-8-12(17)10-15(13)14-6-4-5-7-16(14)18-3/h4-11H,1-2H3. The van der Waals surface area contributed by atoms with Crippen LogP contribution in [0.5, 0.6) is 0 Å². The molecular formula is C16H14FN. The van der Waals surface area contributed by atoms with Crippen molar-refractivity contribution in [2.75, 3.05) is 0 Å². The monoisotopic (exact) mass is 239 g/mol. The second-order valence-electron chi connectivity index (χ2n) is 4.52. The fourth-order valence-electron chi connectivity index (χ4n) is 2.06. The highest BCUT2D eigenvalue weighted by atomic mass is 19.1. The molecule has 0 amide bonds. The minimum Gasteiger partial charge on any atom is -0.238 e. The number of hydrogen-bond acceptors (Lipinski definition) is 0. The lowest BCUT2D eigenvalue weighted by molar-refractivity contribution is 0.627. The minimum atomic E-state index is -0.269. The van der Waals surface area contributed by atoms with E-state index in [0.29, 0.717) is 11.6 Å². The van der Waals surface area contributed by atoms with Crippen molar-refractivity contribution in [1.82, 2.24) is 0 Å². The van der Waals surface area contributed by atoms with Crippen LogP contribution in [-0.2, 0) is 0 Å². The molecule has 2 heteroatoms. The molecule has 0 aromatic heterocycles. The van der Waals surface area contributed by atoms with Crippen LogP contribution in [0.1, 0.15) is 25.3 Å². The van der Waals surface area contributed by atoms with Crippen molar-refractivity contribution in [3.05, 3.63) is 65.3 Å². The maximum atomic E-state index is 13.5. The molecule has 0 heterocycles. The van der Waals surface area contributed by atoms with Gasteiger partial charge in [-0.05, 0) is 34.7 Å². The zero-order valence-corrected chi connectivity index (χ0v) is 10.4. The van der Waals surface area contributed by atoms with E-state index >= 15 is 0 Å². The molecule has 18 heavy (non-hydrogen) atoms. The Labute approximate surface area is 107 Å². The summed E-state index contributed by atoms with van der Waals surface area (Å²) in [6.07, 6.45) is 0. The molecule has 0 atom stereocenters. The first kappa shape index (κ1) is 12.3. The van der Waals surface area contributed by atoms with Gasteiger partial charge < -0.3 is 0 Å². The minimum absolute atomic E-state index is 0.269. The predicted molar refractivity (Wildman–Crippen MR) is 72.2 cm³/mol. The summed E-state index contributed by atoms with van der Waals surface area (Å²) in [4.78, 5) is 3.50. The fourth-order valence-corrected chi connectivity index (χ4v) is 2.06. The Bertz CT molecular complexity index is 609. The maximum Gasteiger partial charge on any atom is 0.194 e. The molecule has 0 aliphatic carbocycles. The van der Waals surface area contributed by atoms with Crippen LogP contribution in [0.25, 0.3) is 16.0 Å². The van der Waals surface area contributed by atoms with E-state index in [4.69, 9.17) is 6.57 Å². The fraction of sp³-hybridized carbons (Fsp3) is 0.188. The molecule has 0 fully saturated rings. The summed E-state index contributed by atoms with van der Waals surface area (Å²) < 4.78 is 13.5. The summed E-state index contributed by atoms with van der Waals surface area (Å²) in [5, 5.41) is 0. The number of halogens is 1. The van der Waals surface area contributed by atoms with Crippen LogP contribution in [0.2, 0.25) is 0 Å². The van der Waals surface area contributed by atoms with Crippen LogP contribution in [0, 0.1) is 12.4 Å². The Morgan fingerprint density at radius 3 is 2.44 bits per heavy atom. The van der Waals surface area contributed by atoms with Crippen molar-refractivity contribution in [2.45, 2.75) is 19.8 Å². The Balaban J connectivity index is 2.70. The van der Waals surface area contributed by atoms with E-state index < -0.39 is 0 Å². The van der Waals surface area contributed by atoms with Gasteiger partial charge in [-0.3, -0.25) is 0 Å². The molecular weight excluding hydrogens is 225 g/mol. The van der Waals surface area contributed by atoms with E-state index in [1.165, 1.54) is 12.1 Å². The topological polar surface area (TPSA) is 4.36 Å². The summed E-state index contributed by atoms with van der Waals surface area (Å²) in [6, 6.07) is 12.1. The zero-order chi connectivity index (χ0) is 13.1. The summed E-state index contributed by atoms with van der Waals surface area (Å²) in [6.45, 7) is 11.3. The van der Waals surface area contributed by atoms with Gasteiger partial charge >= 0.3 is 0 Å². The molecule has 0 saturated carbocycles. The van der Waals surface area contributed by atoms with Crippen LogP contribution in [0.4, 0.5) is 10.1 Å². The number of hydrogen-bond donors (Lipinski definition) is 0. The van der Waals surface area contributed by atoms with Crippen LogP contribution < -0.4 is 0 Å². The summed E-state index contributed by atoms with van der Waals surface area (Å²) in [5.41, 5.74) is 3.24. The molecule has 0 spiro atoms. The number of benzene rings is 2. The molecule has 2 rings (SSSR count). The van der Waals surface area contributed by atoms with Gasteiger partial charge in [-0.1, -0.05) is 44.2 Å². The van der Waals surface area contributed by atoms with E-state index in [2.05, 4.69) is 18.7 Å². The number of nitrogens with zero attached hydrogens (tertiary/aromatic N) is 1. The van der Waals surface area contributed by atoms with Gasteiger partial charge in [0.1, 0.15) is 5.82 Å². The summed E-state index contributed by atoms with van der Waals surface area (Å²) in [7, 11) is 0. The SMILES string of the molecule is [C-]#[N+]c1ccccc1-c1cc(F)ccc1C(C)C. The molecule has 2 aromatic carbocycles. The number of rotatable bonds is 2. The van der Waals surface area contributed by atoms with Gasteiger partial charge in [0.05, 0.1) is 6.57 Å². The first-order valence-electron chi connectivity index (χ1n) is 5.89. The van der Waals surface area contributed by atoms with Crippen LogP contribution in [-0.4, -0.2) is 0 Å². The molecule has 90 valence electrons. The van der Waals surface area contributed by atoms with E-state index in [-0.39, 0.29) is 5.82 Å². The molecule has 2 aromatic rings. The number of para-hydroxylation sites is 1. The van der Waals surface area contributed by atoms with Crippen molar-refractivity contribution >= 4 is 5.69 Å². The van der Waals surface area contributed by atoms with Crippen molar-refractivity contribution in [3.63, 3.8) is 0 Å². The van der Waals surface area contributed by atoms with Gasteiger partial charge in [0.2, 0.25) is 0 Å². The average molecular weight is 239 g/mol. The molecule has 0 aliphatic heterocycles. The lowest BCUT2D eigenvalue weighted by Crippen LogP contribution is -1.93. The molecule has 0 saturated heterocycles. The molecule has 0 N–H and O–H groups in total. The lowest BCUT2D eigenvalue weighted by atomic mass is 9.92. The Kier molecular flexibility index (Phi) is 3.43. The molecule has 1 nitrogen and oxygen atoms in total. The van der Waals surface area contributed by atoms with Gasteiger partial charge in [0, 0.05) is 0 Å². The normalized spacial score (nSPS) is 10.4. The Hall–Kier alpha value is -2.14. The highest BCUT2D eigenvalue weighted by molar-refractivity contribution is 5.80. The highest BCUT2D eigenvalue weighted by Gasteiger charge is 2.12. The zero-order valence-electron chi connectivity index (χ0n) is 10.4.